The standard InChI is InChI=1S/C13H16O2S/c14-13(15)12-8-4-5-9-16(12)10-11-6-2-1-3-7-11/h1-3,6-8,16H,4-5,9-10H2,(H,14,15). The minimum atomic E-state index is -0.721. The summed E-state index contributed by atoms with van der Waals surface area (Å²) in [7, 11) is -0.489. The fourth-order valence-electron chi connectivity index (χ4n) is 1.96. The molecule has 0 saturated carbocycles. The lowest BCUT2D eigenvalue weighted by Crippen LogP contribution is -2.09. The van der Waals surface area contributed by atoms with Gasteiger partial charge in [-0.15, -0.1) is 0 Å². The largest absolute Gasteiger partial charge is 0.477 e. The highest BCUT2D eigenvalue weighted by atomic mass is 32.2. The summed E-state index contributed by atoms with van der Waals surface area (Å²) >= 11 is 0. The van der Waals surface area contributed by atoms with Crippen molar-refractivity contribution in [3.05, 3.63) is 46.9 Å². The molecule has 0 radical (unpaired) electrons. The van der Waals surface area contributed by atoms with E-state index < -0.39 is 16.9 Å². The molecule has 1 aromatic carbocycles. The molecule has 0 saturated heterocycles. The summed E-state index contributed by atoms with van der Waals surface area (Å²) in [5.41, 5.74) is 1.25. The van der Waals surface area contributed by atoms with Crippen molar-refractivity contribution in [2.24, 2.45) is 0 Å². The molecule has 0 amide bonds. The van der Waals surface area contributed by atoms with E-state index in [0.717, 1.165) is 24.3 Å². The molecular formula is C13H16O2S. The SMILES string of the molecule is O=C(O)C1=CCCC[SH]1Cc1ccccc1. The Hall–Kier alpha value is -1.22. The summed E-state index contributed by atoms with van der Waals surface area (Å²) in [4.78, 5) is 11.8. The van der Waals surface area contributed by atoms with Gasteiger partial charge in [0.05, 0.1) is 4.91 Å². The lowest BCUT2D eigenvalue weighted by atomic mass is 10.2. The molecule has 1 aliphatic heterocycles. The summed E-state index contributed by atoms with van der Waals surface area (Å²) in [6.45, 7) is 0. The zero-order chi connectivity index (χ0) is 11.4. The van der Waals surface area contributed by atoms with Crippen LogP contribution >= 0.6 is 10.9 Å². The lowest BCUT2D eigenvalue weighted by molar-refractivity contribution is -0.131. The van der Waals surface area contributed by atoms with Crippen LogP contribution in [0.4, 0.5) is 0 Å². The van der Waals surface area contributed by atoms with E-state index in [2.05, 4.69) is 12.1 Å². The van der Waals surface area contributed by atoms with E-state index in [0.29, 0.717) is 4.91 Å². The van der Waals surface area contributed by atoms with Crippen LogP contribution < -0.4 is 0 Å². The van der Waals surface area contributed by atoms with Crippen molar-refractivity contribution in [3.63, 3.8) is 0 Å². The minimum Gasteiger partial charge on any atom is -0.477 e. The van der Waals surface area contributed by atoms with E-state index in [4.69, 9.17) is 5.11 Å². The van der Waals surface area contributed by atoms with Crippen LogP contribution in [0.3, 0.4) is 0 Å². The summed E-state index contributed by atoms with van der Waals surface area (Å²) in [5, 5.41) is 9.13. The first kappa shape index (κ1) is 11.3. The van der Waals surface area contributed by atoms with Gasteiger partial charge < -0.3 is 5.11 Å². The van der Waals surface area contributed by atoms with Gasteiger partial charge in [-0.1, -0.05) is 36.4 Å². The minimum absolute atomic E-state index is 0.489. The molecule has 16 heavy (non-hydrogen) atoms. The van der Waals surface area contributed by atoms with Gasteiger partial charge in [-0.25, -0.2) is 15.7 Å². The number of carboxylic acids is 1. The molecule has 1 N–H and O–H groups in total. The first-order valence-electron chi connectivity index (χ1n) is 5.49. The van der Waals surface area contributed by atoms with Gasteiger partial charge in [0.25, 0.3) is 0 Å². The first-order chi connectivity index (χ1) is 7.77. The molecule has 1 unspecified atom stereocenters. The molecule has 1 heterocycles. The Bertz CT molecular complexity index is 398. The second-order valence-corrected chi connectivity index (χ2v) is 6.27. The summed E-state index contributed by atoms with van der Waals surface area (Å²) < 4.78 is 0. The predicted octanol–water partition coefficient (Wildman–Crippen LogP) is 2.95. The summed E-state index contributed by atoms with van der Waals surface area (Å²) in [6.07, 6.45) is 3.98. The molecule has 0 spiro atoms. The molecule has 0 fully saturated rings. The first-order valence-corrected chi connectivity index (χ1v) is 7.21. The number of hydrogen-bond donors (Lipinski definition) is 2. The molecule has 1 aliphatic rings. The van der Waals surface area contributed by atoms with Gasteiger partial charge in [-0.3, -0.25) is 0 Å². The van der Waals surface area contributed by atoms with E-state index in [1.165, 1.54) is 5.56 Å². The molecule has 3 heteroatoms. The number of hydrogen-bond acceptors (Lipinski definition) is 1. The highest BCUT2D eigenvalue weighted by molar-refractivity contribution is 8.20. The van der Waals surface area contributed by atoms with Crippen molar-refractivity contribution in [3.8, 4) is 0 Å². The van der Waals surface area contributed by atoms with Crippen LogP contribution in [0.15, 0.2) is 41.3 Å². The van der Waals surface area contributed by atoms with E-state index in [1.807, 2.05) is 24.3 Å². The molecule has 1 atom stereocenters. The van der Waals surface area contributed by atoms with Crippen molar-refractivity contribution in [1.82, 2.24) is 0 Å². The summed E-state index contributed by atoms with van der Waals surface area (Å²) in [5.74, 6) is 1.25. The van der Waals surface area contributed by atoms with Crippen molar-refractivity contribution < 1.29 is 9.90 Å². The van der Waals surface area contributed by atoms with Gasteiger partial charge in [0.1, 0.15) is 0 Å². The average Bonchev–Trinajstić information content (AvgIpc) is 2.31. The van der Waals surface area contributed by atoms with Gasteiger partial charge in [-0.05, 0) is 24.2 Å². The molecule has 0 aromatic heterocycles. The number of rotatable bonds is 3. The normalized spacial score (nSPS) is 22.5. The summed E-state index contributed by atoms with van der Waals surface area (Å²) in [6, 6.07) is 10.2. The lowest BCUT2D eigenvalue weighted by Gasteiger charge is -2.25. The quantitative estimate of drug-likeness (QED) is 0.792. The van der Waals surface area contributed by atoms with Crippen LogP contribution in [0.2, 0.25) is 0 Å². The highest BCUT2D eigenvalue weighted by Gasteiger charge is 2.19. The van der Waals surface area contributed by atoms with Crippen LogP contribution in [0, 0.1) is 0 Å². The van der Waals surface area contributed by atoms with Gasteiger partial charge in [0.15, 0.2) is 0 Å². The van der Waals surface area contributed by atoms with Gasteiger partial charge in [0, 0.05) is 5.75 Å². The number of carbonyl (C=O) groups is 1. The molecule has 0 bridgehead atoms. The maximum absolute atomic E-state index is 11.1. The van der Waals surface area contributed by atoms with Crippen molar-refractivity contribution in [2.45, 2.75) is 18.6 Å². The molecule has 86 valence electrons. The van der Waals surface area contributed by atoms with E-state index in [-0.39, 0.29) is 0 Å². The third-order valence-corrected chi connectivity index (χ3v) is 5.40. The van der Waals surface area contributed by atoms with Gasteiger partial charge in [-0.2, -0.15) is 0 Å². The van der Waals surface area contributed by atoms with Crippen LogP contribution in [-0.2, 0) is 10.5 Å². The monoisotopic (exact) mass is 236 g/mol. The van der Waals surface area contributed by atoms with E-state index in [9.17, 15) is 4.79 Å². The average molecular weight is 236 g/mol. The van der Waals surface area contributed by atoms with Crippen molar-refractivity contribution in [1.29, 1.82) is 0 Å². The van der Waals surface area contributed by atoms with Gasteiger partial charge in [0.2, 0.25) is 0 Å². The molecular weight excluding hydrogens is 220 g/mol. The van der Waals surface area contributed by atoms with Crippen molar-refractivity contribution in [2.75, 3.05) is 5.75 Å². The molecule has 2 rings (SSSR count). The van der Waals surface area contributed by atoms with Crippen LogP contribution in [0.1, 0.15) is 18.4 Å². The van der Waals surface area contributed by atoms with Crippen LogP contribution in [0.5, 0.6) is 0 Å². The number of carboxylic acid groups (broad SMARTS) is 1. The van der Waals surface area contributed by atoms with E-state index >= 15 is 0 Å². The predicted molar refractivity (Wildman–Crippen MR) is 69.0 cm³/mol. The third kappa shape index (κ3) is 2.67. The van der Waals surface area contributed by atoms with Crippen LogP contribution in [0.25, 0.3) is 0 Å². The smallest absolute Gasteiger partial charge is 0.340 e. The maximum Gasteiger partial charge on any atom is 0.340 e. The molecule has 0 aliphatic carbocycles. The fraction of sp³-hybridized carbons (Fsp3) is 0.308. The topological polar surface area (TPSA) is 37.3 Å². The number of allylic oxidation sites excluding steroid dienone is 1. The zero-order valence-electron chi connectivity index (χ0n) is 9.10. The molecule has 1 aromatic rings. The fourth-order valence-corrected chi connectivity index (χ4v) is 4.40. The Morgan fingerprint density at radius 3 is 2.75 bits per heavy atom. The Morgan fingerprint density at radius 1 is 1.31 bits per heavy atom. The second kappa shape index (κ2) is 5.21. The maximum atomic E-state index is 11.1. The number of benzene rings is 1. The zero-order valence-corrected chi connectivity index (χ0v) is 9.99. The van der Waals surface area contributed by atoms with Gasteiger partial charge >= 0.3 is 5.97 Å². The number of aliphatic carboxylic acids is 1. The number of thiol groups is 1. The third-order valence-electron chi connectivity index (χ3n) is 2.75. The molecule has 2 nitrogen and oxygen atoms in total. The Morgan fingerprint density at radius 2 is 2.06 bits per heavy atom. The Balaban J connectivity index is 2.12. The van der Waals surface area contributed by atoms with Crippen LogP contribution in [-0.4, -0.2) is 16.8 Å². The Kier molecular flexibility index (Phi) is 3.67. The highest BCUT2D eigenvalue weighted by Crippen LogP contribution is 2.42. The van der Waals surface area contributed by atoms with E-state index in [1.54, 1.807) is 0 Å². The van der Waals surface area contributed by atoms with Crippen molar-refractivity contribution >= 4 is 16.9 Å². The second-order valence-electron chi connectivity index (χ2n) is 3.94. The Labute approximate surface area is 98.3 Å².